The molecule has 0 aromatic carbocycles. The number of nitriles is 1. The molecule has 0 bridgehead atoms. The molecule has 2 N–H and O–H groups in total. The maximum Gasteiger partial charge on any atom is 0.266 e. The van der Waals surface area contributed by atoms with Crippen LogP contribution in [0.2, 0.25) is 0 Å². The van der Waals surface area contributed by atoms with E-state index in [1.807, 2.05) is 12.1 Å². The Bertz CT molecular complexity index is 939. The molecule has 0 fully saturated rings. The quantitative estimate of drug-likeness (QED) is 0.865. The molecule has 3 atom stereocenters. The molecule has 0 aliphatic heterocycles. The largest absolute Gasteiger partial charge is 0.389 e. The van der Waals surface area contributed by atoms with Crippen molar-refractivity contribution < 1.29 is 9.90 Å². The van der Waals surface area contributed by atoms with Crippen LogP contribution in [0, 0.1) is 24.2 Å². The van der Waals surface area contributed by atoms with Gasteiger partial charge in [0, 0.05) is 30.4 Å². The normalized spacial score (nSPS) is 25.1. The molecule has 0 spiro atoms. The molecule has 0 amide bonds. The predicted molar refractivity (Wildman–Crippen MR) is 91.1 cm³/mol. The number of aromatic amines is 1. The van der Waals surface area contributed by atoms with Crippen LogP contribution in [0.1, 0.15) is 47.7 Å². The number of rotatable bonds is 2. The van der Waals surface area contributed by atoms with Crippen LogP contribution < -0.4 is 5.56 Å². The summed E-state index contributed by atoms with van der Waals surface area (Å²) in [6, 6.07) is 5.56. The first kappa shape index (κ1) is 17.1. The molecule has 1 aliphatic carbocycles. The molecular weight excluding hydrogens is 318 g/mol. The third kappa shape index (κ3) is 2.67. The Morgan fingerprint density at radius 1 is 1.52 bits per heavy atom. The second kappa shape index (κ2) is 5.94. The van der Waals surface area contributed by atoms with E-state index in [0.717, 1.165) is 11.1 Å². The number of H-pyrrole nitrogens is 1. The van der Waals surface area contributed by atoms with Crippen molar-refractivity contribution in [3.63, 3.8) is 0 Å². The highest BCUT2D eigenvalue weighted by atomic mass is 16.3. The van der Waals surface area contributed by atoms with Crippen molar-refractivity contribution in [2.75, 3.05) is 0 Å². The van der Waals surface area contributed by atoms with Gasteiger partial charge < -0.3 is 10.1 Å². The van der Waals surface area contributed by atoms with Gasteiger partial charge in [-0.15, -0.1) is 0 Å². The smallest absolute Gasteiger partial charge is 0.266 e. The summed E-state index contributed by atoms with van der Waals surface area (Å²) in [6.45, 7) is 4.80. The highest BCUT2D eigenvalue weighted by Gasteiger charge is 2.48. The zero-order chi connectivity index (χ0) is 18.4. The number of carbonyl (C=O) groups excluding carboxylic acids is 1. The SMILES string of the molecule is CC(=O)[C@@H]1[C@@H](c2cccnc2)c2c(C)[nH]c(=O)c(C#N)c2C[C@@]1(C)O. The molecule has 1 aliphatic rings. The standard InChI is InChI=1S/C19H19N3O3/c1-10-15-13(14(8-20)18(24)22-10)7-19(3,25)17(11(2)23)16(15)12-5-4-6-21-9-12/h4-6,9,16-17,25H,7H2,1-3H3,(H,22,24)/t16-,17+,19+/m0/s1. The third-order valence-corrected chi connectivity index (χ3v) is 5.00. The van der Waals surface area contributed by atoms with Crippen LogP contribution in [0.3, 0.4) is 0 Å². The van der Waals surface area contributed by atoms with E-state index in [1.165, 1.54) is 6.92 Å². The summed E-state index contributed by atoms with van der Waals surface area (Å²) in [4.78, 5) is 31.4. The number of hydrogen-bond acceptors (Lipinski definition) is 5. The average molecular weight is 337 g/mol. The van der Waals surface area contributed by atoms with Gasteiger partial charge in [0.1, 0.15) is 17.4 Å². The topological polar surface area (TPSA) is 107 Å². The molecule has 2 heterocycles. The van der Waals surface area contributed by atoms with Crippen molar-refractivity contribution in [1.82, 2.24) is 9.97 Å². The molecule has 0 unspecified atom stereocenters. The summed E-state index contributed by atoms with van der Waals surface area (Å²) in [5.41, 5.74) is 0.775. The molecule has 25 heavy (non-hydrogen) atoms. The summed E-state index contributed by atoms with van der Waals surface area (Å²) < 4.78 is 0. The number of Topliss-reactive ketones (excluding diaryl/α,β-unsaturated/α-hetero) is 1. The molecule has 2 aromatic heterocycles. The van der Waals surface area contributed by atoms with E-state index in [2.05, 4.69) is 9.97 Å². The molecule has 128 valence electrons. The number of hydrogen-bond donors (Lipinski definition) is 2. The van der Waals surface area contributed by atoms with Gasteiger partial charge in [-0.1, -0.05) is 6.07 Å². The number of pyridine rings is 2. The molecular formula is C19H19N3O3. The number of aryl methyl sites for hydroxylation is 1. The Morgan fingerprint density at radius 2 is 2.24 bits per heavy atom. The van der Waals surface area contributed by atoms with Crippen molar-refractivity contribution in [2.45, 2.75) is 38.7 Å². The minimum absolute atomic E-state index is 0.00299. The Labute approximate surface area is 145 Å². The fourth-order valence-corrected chi connectivity index (χ4v) is 4.11. The van der Waals surface area contributed by atoms with Gasteiger partial charge in [-0.2, -0.15) is 5.26 Å². The highest BCUT2D eigenvalue weighted by molar-refractivity contribution is 5.82. The predicted octanol–water partition coefficient (Wildman–Crippen LogP) is 1.59. The van der Waals surface area contributed by atoms with E-state index in [-0.39, 0.29) is 17.8 Å². The number of aromatic nitrogens is 2. The van der Waals surface area contributed by atoms with Crippen molar-refractivity contribution in [2.24, 2.45) is 5.92 Å². The van der Waals surface area contributed by atoms with Crippen LogP contribution in [-0.2, 0) is 11.2 Å². The molecule has 0 saturated carbocycles. The van der Waals surface area contributed by atoms with Crippen LogP contribution in [0.15, 0.2) is 29.3 Å². The van der Waals surface area contributed by atoms with Crippen molar-refractivity contribution in [3.8, 4) is 6.07 Å². The second-order valence-corrected chi connectivity index (χ2v) is 6.84. The highest BCUT2D eigenvalue weighted by Crippen LogP contribution is 2.47. The van der Waals surface area contributed by atoms with E-state index in [4.69, 9.17) is 0 Å². The van der Waals surface area contributed by atoms with Crippen molar-refractivity contribution in [1.29, 1.82) is 5.26 Å². The number of nitrogens with one attached hydrogen (secondary N) is 1. The first-order chi connectivity index (χ1) is 11.8. The maximum absolute atomic E-state index is 12.4. The van der Waals surface area contributed by atoms with E-state index in [9.17, 15) is 20.0 Å². The second-order valence-electron chi connectivity index (χ2n) is 6.84. The van der Waals surface area contributed by atoms with Crippen molar-refractivity contribution >= 4 is 5.78 Å². The fourth-order valence-electron chi connectivity index (χ4n) is 4.11. The lowest BCUT2D eigenvalue weighted by Crippen LogP contribution is -2.49. The Morgan fingerprint density at radius 3 is 2.80 bits per heavy atom. The number of aliphatic hydroxyl groups is 1. The Kier molecular flexibility index (Phi) is 4.05. The maximum atomic E-state index is 12.4. The lowest BCUT2D eigenvalue weighted by molar-refractivity contribution is -0.130. The van der Waals surface area contributed by atoms with E-state index >= 15 is 0 Å². The minimum Gasteiger partial charge on any atom is -0.389 e. The van der Waals surface area contributed by atoms with Gasteiger partial charge in [0.15, 0.2) is 0 Å². The number of ketones is 1. The van der Waals surface area contributed by atoms with E-state index < -0.39 is 23.0 Å². The van der Waals surface area contributed by atoms with Gasteiger partial charge in [0.25, 0.3) is 5.56 Å². The minimum atomic E-state index is -1.37. The van der Waals surface area contributed by atoms with Gasteiger partial charge in [0.2, 0.25) is 0 Å². The first-order valence-corrected chi connectivity index (χ1v) is 8.06. The summed E-state index contributed by atoms with van der Waals surface area (Å²) in [5.74, 6) is -1.32. The van der Waals surface area contributed by atoms with E-state index in [1.54, 1.807) is 32.3 Å². The molecule has 6 heteroatoms. The van der Waals surface area contributed by atoms with Crippen LogP contribution in [-0.4, -0.2) is 26.5 Å². The zero-order valence-corrected chi connectivity index (χ0v) is 14.3. The number of nitrogens with zero attached hydrogens (tertiary/aromatic N) is 2. The lowest BCUT2D eigenvalue weighted by atomic mass is 9.62. The molecule has 3 rings (SSSR count). The molecule has 0 saturated heterocycles. The molecule has 2 aromatic rings. The summed E-state index contributed by atoms with van der Waals surface area (Å²) in [7, 11) is 0. The van der Waals surface area contributed by atoms with Crippen molar-refractivity contribution in [3.05, 3.63) is 62.8 Å². The molecule has 0 radical (unpaired) electrons. The third-order valence-electron chi connectivity index (χ3n) is 5.00. The lowest BCUT2D eigenvalue weighted by Gasteiger charge is -2.43. The number of fused-ring (bicyclic) bond motifs is 1. The number of carbonyl (C=O) groups is 1. The van der Waals surface area contributed by atoms with Crippen LogP contribution in [0.25, 0.3) is 0 Å². The monoisotopic (exact) mass is 337 g/mol. The summed E-state index contributed by atoms with van der Waals surface area (Å²) in [5, 5.41) is 20.5. The van der Waals surface area contributed by atoms with Gasteiger partial charge in [0.05, 0.1) is 11.5 Å². The first-order valence-electron chi connectivity index (χ1n) is 8.06. The summed E-state index contributed by atoms with van der Waals surface area (Å²) >= 11 is 0. The summed E-state index contributed by atoms with van der Waals surface area (Å²) in [6.07, 6.45) is 3.37. The van der Waals surface area contributed by atoms with Gasteiger partial charge >= 0.3 is 0 Å². The van der Waals surface area contributed by atoms with Gasteiger partial charge in [-0.25, -0.2) is 0 Å². The van der Waals surface area contributed by atoms with Crippen LogP contribution in [0.4, 0.5) is 0 Å². The van der Waals surface area contributed by atoms with Crippen LogP contribution >= 0.6 is 0 Å². The Hall–Kier alpha value is -2.78. The van der Waals surface area contributed by atoms with Gasteiger partial charge in [-0.3, -0.25) is 14.6 Å². The fraction of sp³-hybridized carbons (Fsp3) is 0.368. The van der Waals surface area contributed by atoms with Gasteiger partial charge in [-0.05, 0) is 43.5 Å². The average Bonchev–Trinajstić information content (AvgIpc) is 2.53. The van der Waals surface area contributed by atoms with E-state index in [0.29, 0.717) is 11.3 Å². The van der Waals surface area contributed by atoms with Crippen LogP contribution in [0.5, 0.6) is 0 Å². The Balaban J connectivity index is 2.41. The zero-order valence-electron chi connectivity index (χ0n) is 14.3. The molecule has 6 nitrogen and oxygen atoms in total.